The zero-order valence-corrected chi connectivity index (χ0v) is 17.3. The molecule has 0 bridgehead atoms. The average Bonchev–Trinajstić information content (AvgIpc) is 3.46. The zero-order chi connectivity index (χ0) is 21.9. The summed E-state index contributed by atoms with van der Waals surface area (Å²) in [7, 11) is 0. The van der Waals surface area contributed by atoms with Crippen LogP contribution in [0.15, 0.2) is 40.1 Å². The van der Waals surface area contributed by atoms with Crippen LogP contribution in [0.2, 0.25) is 0 Å². The first-order valence-electron chi connectivity index (χ1n) is 10.1. The number of nitrogens with one attached hydrogen (secondary N) is 1. The largest absolute Gasteiger partial charge is 0.454 e. The number of carbonyl (C=O) groups is 1. The van der Waals surface area contributed by atoms with Crippen LogP contribution in [0.1, 0.15) is 23.6 Å². The van der Waals surface area contributed by atoms with E-state index in [0.717, 1.165) is 22.1 Å². The fourth-order valence-corrected chi connectivity index (χ4v) is 4.37. The number of amides is 1. The fraction of sp³-hybridized carbons (Fsp3) is 0.273. The number of hydrogen-bond acceptors (Lipinski definition) is 6. The van der Waals surface area contributed by atoms with Crippen LogP contribution in [0.4, 0.5) is 5.82 Å². The SMILES string of the molecule is C=CC(=O)N1CCC(n2nc3c(=O)[nH]nc(N)c3c2-c2oc3ccc(C)cc3c2C)C1. The first kappa shape index (κ1) is 19.1. The molecule has 31 heavy (non-hydrogen) atoms. The number of nitrogens with two attached hydrogens (primary N) is 1. The lowest BCUT2D eigenvalue weighted by Crippen LogP contribution is -2.27. The van der Waals surface area contributed by atoms with Crippen LogP contribution in [0.5, 0.6) is 0 Å². The van der Waals surface area contributed by atoms with E-state index < -0.39 is 5.56 Å². The Balaban J connectivity index is 1.78. The van der Waals surface area contributed by atoms with E-state index in [1.165, 1.54) is 6.08 Å². The summed E-state index contributed by atoms with van der Waals surface area (Å²) in [5, 5.41) is 12.4. The van der Waals surface area contributed by atoms with Crippen LogP contribution < -0.4 is 11.3 Å². The number of furan rings is 1. The van der Waals surface area contributed by atoms with E-state index >= 15 is 0 Å². The topological polar surface area (TPSA) is 123 Å². The van der Waals surface area contributed by atoms with Crippen molar-refractivity contribution in [1.82, 2.24) is 24.9 Å². The maximum Gasteiger partial charge on any atom is 0.292 e. The summed E-state index contributed by atoms with van der Waals surface area (Å²) < 4.78 is 8.01. The predicted molar refractivity (Wildman–Crippen MR) is 118 cm³/mol. The van der Waals surface area contributed by atoms with Gasteiger partial charge in [-0.25, -0.2) is 5.10 Å². The number of carbonyl (C=O) groups excluding carboxylic acids is 1. The Hall–Kier alpha value is -3.88. The van der Waals surface area contributed by atoms with Crippen LogP contribution in [-0.4, -0.2) is 43.9 Å². The van der Waals surface area contributed by atoms with Gasteiger partial charge in [0.25, 0.3) is 5.56 Å². The highest BCUT2D eigenvalue weighted by Crippen LogP contribution is 2.40. The van der Waals surface area contributed by atoms with Gasteiger partial charge in [-0.3, -0.25) is 14.3 Å². The molecule has 9 heteroatoms. The number of rotatable bonds is 3. The molecule has 1 aromatic carbocycles. The third-order valence-electron chi connectivity index (χ3n) is 5.96. The van der Waals surface area contributed by atoms with Crippen LogP contribution in [0.25, 0.3) is 33.3 Å². The number of nitrogens with zero attached hydrogens (tertiary/aromatic N) is 4. The standard InChI is InChI=1S/C22H22N6O3/c1-4-16(29)27-8-7-13(10-27)28-19(17-18(26-28)22(30)25-24-21(17)23)20-12(3)14-9-11(2)5-6-15(14)31-20/h4-6,9,13H,1,7-8,10H2,2-3H3,(H2,23,24)(H,25,30). The number of H-pyrrole nitrogens is 1. The number of likely N-dealkylation sites (tertiary alicyclic amines) is 1. The second-order valence-electron chi connectivity index (χ2n) is 7.94. The molecule has 1 amide bonds. The van der Waals surface area contributed by atoms with Gasteiger partial charge >= 0.3 is 0 Å². The van der Waals surface area contributed by atoms with E-state index in [0.29, 0.717) is 36.4 Å². The highest BCUT2D eigenvalue weighted by Gasteiger charge is 2.32. The number of benzene rings is 1. The average molecular weight is 418 g/mol. The molecule has 3 N–H and O–H groups in total. The molecular formula is C22H22N6O3. The molecule has 5 rings (SSSR count). The van der Waals surface area contributed by atoms with Gasteiger partial charge < -0.3 is 15.1 Å². The number of aromatic amines is 1. The van der Waals surface area contributed by atoms with E-state index in [-0.39, 0.29) is 23.3 Å². The van der Waals surface area contributed by atoms with E-state index in [4.69, 9.17) is 10.2 Å². The number of fused-ring (bicyclic) bond motifs is 2. The van der Waals surface area contributed by atoms with Crippen molar-refractivity contribution in [3.63, 3.8) is 0 Å². The molecule has 0 aliphatic carbocycles. The van der Waals surface area contributed by atoms with Crippen molar-refractivity contribution in [1.29, 1.82) is 0 Å². The van der Waals surface area contributed by atoms with Crippen molar-refractivity contribution in [2.45, 2.75) is 26.3 Å². The van der Waals surface area contributed by atoms with Gasteiger partial charge in [0.15, 0.2) is 17.1 Å². The van der Waals surface area contributed by atoms with Crippen molar-refractivity contribution in [3.8, 4) is 11.5 Å². The highest BCUT2D eigenvalue weighted by molar-refractivity contribution is 6.01. The number of aromatic nitrogens is 4. The number of hydrogen-bond donors (Lipinski definition) is 2. The van der Waals surface area contributed by atoms with Gasteiger partial charge in [-0.15, -0.1) is 0 Å². The molecule has 4 aromatic rings. The van der Waals surface area contributed by atoms with Gasteiger partial charge in [-0.1, -0.05) is 18.2 Å². The molecule has 0 radical (unpaired) electrons. The molecule has 0 saturated carbocycles. The molecule has 3 aromatic heterocycles. The molecule has 1 fully saturated rings. The minimum absolute atomic E-state index is 0.129. The molecule has 1 saturated heterocycles. The van der Waals surface area contributed by atoms with Crippen LogP contribution in [-0.2, 0) is 4.79 Å². The molecule has 4 heterocycles. The molecule has 9 nitrogen and oxygen atoms in total. The van der Waals surface area contributed by atoms with Gasteiger partial charge in [0.1, 0.15) is 11.3 Å². The van der Waals surface area contributed by atoms with Gasteiger partial charge in [0.2, 0.25) is 5.91 Å². The third kappa shape index (κ3) is 2.84. The Morgan fingerprint density at radius 1 is 1.39 bits per heavy atom. The molecular weight excluding hydrogens is 396 g/mol. The van der Waals surface area contributed by atoms with Crippen molar-refractivity contribution in [2.24, 2.45) is 0 Å². The van der Waals surface area contributed by atoms with Crippen molar-refractivity contribution >= 4 is 33.6 Å². The molecule has 0 spiro atoms. The molecule has 1 atom stereocenters. The Labute approximate surface area is 177 Å². The first-order chi connectivity index (χ1) is 14.9. The monoisotopic (exact) mass is 418 g/mol. The second-order valence-corrected chi connectivity index (χ2v) is 7.94. The highest BCUT2D eigenvalue weighted by atomic mass is 16.3. The minimum Gasteiger partial charge on any atom is -0.454 e. The number of aryl methyl sites for hydroxylation is 2. The van der Waals surface area contributed by atoms with E-state index in [9.17, 15) is 9.59 Å². The predicted octanol–water partition coefficient (Wildman–Crippen LogP) is 2.69. The van der Waals surface area contributed by atoms with Gasteiger partial charge in [0.05, 0.1) is 11.4 Å². The van der Waals surface area contributed by atoms with Gasteiger partial charge in [-0.05, 0) is 38.5 Å². The van der Waals surface area contributed by atoms with Gasteiger partial charge in [-0.2, -0.15) is 10.2 Å². The Morgan fingerprint density at radius 3 is 2.97 bits per heavy atom. The Morgan fingerprint density at radius 2 is 2.19 bits per heavy atom. The molecule has 1 aliphatic heterocycles. The second kappa shape index (κ2) is 6.83. The summed E-state index contributed by atoms with van der Waals surface area (Å²) >= 11 is 0. The summed E-state index contributed by atoms with van der Waals surface area (Å²) in [4.78, 5) is 26.3. The zero-order valence-electron chi connectivity index (χ0n) is 17.3. The van der Waals surface area contributed by atoms with Gasteiger partial charge in [0, 0.05) is 24.0 Å². The lowest BCUT2D eigenvalue weighted by molar-refractivity contribution is -0.125. The maximum atomic E-state index is 12.5. The van der Waals surface area contributed by atoms with Crippen molar-refractivity contribution in [2.75, 3.05) is 18.8 Å². The first-order valence-corrected chi connectivity index (χ1v) is 10.1. The minimum atomic E-state index is -0.425. The van der Waals surface area contributed by atoms with E-state index in [2.05, 4.69) is 27.9 Å². The molecule has 1 aliphatic rings. The number of nitrogen functional groups attached to an aromatic ring is 1. The lowest BCUT2D eigenvalue weighted by Gasteiger charge is -2.16. The fourth-order valence-electron chi connectivity index (χ4n) is 4.37. The quantitative estimate of drug-likeness (QED) is 0.493. The molecule has 1 unspecified atom stereocenters. The lowest BCUT2D eigenvalue weighted by atomic mass is 10.1. The third-order valence-corrected chi connectivity index (χ3v) is 5.96. The van der Waals surface area contributed by atoms with E-state index in [1.807, 2.05) is 26.0 Å². The summed E-state index contributed by atoms with van der Waals surface area (Å²) in [5.74, 6) is 0.634. The van der Waals surface area contributed by atoms with Crippen molar-refractivity contribution in [3.05, 3.63) is 52.3 Å². The van der Waals surface area contributed by atoms with Crippen LogP contribution in [0, 0.1) is 13.8 Å². The summed E-state index contributed by atoms with van der Waals surface area (Å²) in [5.41, 5.74) is 9.36. The Kier molecular flexibility index (Phi) is 4.21. The summed E-state index contributed by atoms with van der Waals surface area (Å²) in [6.07, 6.45) is 1.99. The Bertz CT molecular complexity index is 1430. The summed E-state index contributed by atoms with van der Waals surface area (Å²) in [6, 6.07) is 5.84. The normalized spacial score (nSPS) is 16.5. The number of anilines is 1. The smallest absolute Gasteiger partial charge is 0.292 e. The van der Waals surface area contributed by atoms with E-state index in [1.54, 1.807) is 9.58 Å². The summed E-state index contributed by atoms with van der Waals surface area (Å²) in [6.45, 7) is 8.60. The molecule has 158 valence electrons. The van der Waals surface area contributed by atoms with Crippen molar-refractivity contribution < 1.29 is 9.21 Å². The maximum absolute atomic E-state index is 12.5. The van der Waals surface area contributed by atoms with Crippen LogP contribution in [0.3, 0.4) is 0 Å². The van der Waals surface area contributed by atoms with Crippen LogP contribution >= 0.6 is 0 Å².